The molecule has 0 bridgehead atoms. The molecule has 31 heavy (non-hydrogen) atoms. The summed E-state index contributed by atoms with van der Waals surface area (Å²) in [6, 6.07) is 21.4. The van der Waals surface area contributed by atoms with Crippen molar-refractivity contribution >= 4 is 5.69 Å². The number of ether oxygens (including phenoxy) is 1. The molecule has 160 valence electrons. The van der Waals surface area contributed by atoms with E-state index in [1.165, 1.54) is 29.5 Å². The maximum absolute atomic E-state index is 5.20. The summed E-state index contributed by atoms with van der Waals surface area (Å²) >= 11 is 0. The number of methoxy groups -OCH3 is 1. The van der Waals surface area contributed by atoms with Crippen molar-refractivity contribution in [2.45, 2.75) is 32.0 Å². The average molecular weight is 415 g/mol. The van der Waals surface area contributed by atoms with E-state index >= 15 is 0 Å². The second-order valence-corrected chi connectivity index (χ2v) is 7.91. The third kappa shape index (κ3) is 5.64. The van der Waals surface area contributed by atoms with Crippen LogP contribution >= 0.6 is 0 Å². The van der Waals surface area contributed by atoms with E-state index in [9.17, 15) is 0 Å². The summed E-state index contributed by atoms with van der Waals surface area (Å²) < 4.78 is 5.20. The molecule has 1 aliphatic heterocycles. The molecule has 0 radical (unpaired) electrons. The number of hydrogen-bond donors (Lipinski definition) is 2. The van der Waals surface area contributed by atoms with Gasteiger partial charge in [-0.3, -0.25) is 9.88 Å². The number of nitrogens with zero attached hydrogens (tertiary/aromatic N) is 2. The van der Waals surface area contributed by atoms with Crippen molar-refractivity contribution in [1.29, 1.82) is 0 Å². The smallest absolute Gasteiger partial charge is 0.118 e. The topological polar surface area (TPSA) is 49.4 Å². The van der Waals surface area contributed by atoms with Crippen LogP contribution in [0.4, 0.5) is 5.69 Å². The second-order valence-electron chi connectivity index (χ2n) is 7.91. The van der Waals surface area contributed by atoms with Gasteiger partial charge in [0.15, 0.2) is 0 Å². The zero-order valence-corrected chi connectivity index (χ0v) is 18.1. The maximum atomic E-state index is 5.20. The molecule has 0 spiro atoms. The van der Waals surface area contributed by atoms with Crippen LogP contribution in [0, 0.1) is 0 Å². The quantitative estimate of drug-likeness (QED) is 0.510. The zero-order chi connectivity index (χ0) is 21.5. The lowest BCUT2D eigenvalue weighted by Crippen LogP contribution is -2.22. The van der Waals surface area contributed by atoms with Crippen LogP contribution in [0.15, 0.2) is 85.5 Å². The van der Waals surface area contributed by atoms with Crippen LogP contribution in [0.5, 0.6) is 5.75 Å². The molecular weight excluding hydrogens is 384 g/mol. The number of nitrogens with one attached hydrogen (secondary N) is 2. The van der Waals surface area contributed by atoms with Gasteiger partial charge in [-0.2, -0.15) is 0 Å². The Morgan fingerprint density at radius 3 is 2.45 bits per heavy atom. The lowest BCUT2D eigenvalue weighted by Gasteiger charge is -2.25. The Hall–Kier alpha value is -3.31. The highest BCUT2D eigenvalue weighted by Crippen LogP contribution is 2.32. The Kier molecular flexibility index (Phi) is 6.85. The highest BCUT2D eigenvalue weighted by atomic mass is 16.5. The van der Waals surface area contributed by atoms with Crippen LogP contribution in [0.3, 0.4) is 0 Å². The minimum Gasteiger partial charge on any atom is -0.497 e. The molecule has 1 saturated heterocycles. The minimum absolute atomic E-state index is 0.489. The average Bonchev–Trinajstić information content (AvgIpc) is 3.28. The summed E-state index contributed by atoms with van der Waals surface area (Å²) in [4.78, 5) is 6.72. The third-order valence-electron chi connectivity index (χ3n) is 5.75. The van der Waals surface area contributed by atoms with Crippen molar-refractivity contribution in [3.8, 4) is 5.75 Å². The van der Waals surface area contributed by atoms with E-state index in [-0.39, 0.29) is 0 Å². The first-order chi connectivity index (χ1) is 15.2. The fourth-order valence-corrected chi connectivity index (χ4v) is 4.08. The Morgan fingerprint density at radius 2 is 1.74 bits per heavy atom. The van der Waals surface area contributed by atoms with Gasteiger partial charge in [-0.15, -0.1) is 0 Å². The van der Waals surface area contributed by atoms with Gasteiger partial charge in [0.25, 0.3) is 0 Å². The van der Waals surface area contributed by atoms with Crippen molar-refractivity contribution in [2.75, 3.05) is 19.0 Å². The van der Waals surface area contributed by atoms with Crippen molar-refractivity contribution in [2.24, 2.45) is 0 Å². The van der Waals surface area contributed by atoms with E-state index in [0.717, 1.165) is 30.3 Å². The number of anilines is 1. The Morgan fingerprint density at radius 1 is 1.03 bits per heavy atom. The van der Waals surface area contributed by atoms with E-state index in [2.05, 4.69) is 63.5 Å². The summed E-state index contributed by atoms with van der Waals surface area (Å²) in [7, 11) is 1.68. The molecule has 4 rings (SSSR count). The molecule has 0 amide bonds. The van der Waals surface area contributed by atoms with Crippen molar-refractivity contribution < 1.29 is 4.74 Å². The van der Waals surface area contributed by atoms with E-state index in [0.29, 0.717) is 12.6 Å². The molecule has 0 aliphatic carbocycles. The first-order valence-corrected chi connectivity index (χ1v) is 10.8. The van der Waals surface area contributed by atoms with Crippen molar-refractivity contribution in [1.82, 2.24) is 15.2 Å². The second kappa shape index (κ2) is 10.1. The minimum atomic E-state index is 0.489. The molecule has 1 aliphatic rings. The molecule has 2 heterocycles. The number of rotatable bonds is 9. The number of likely N-dealkylation sites (tertiary alicyclic amines) is 1. The lowest BCUT2D eigenvalue weighted by molar-refractivity contribution is 0.248. The Bertz CT molecular complexity index is 971. The molecular formula is C26H30N4O. The highest BCUT2D eigenvalue weighted by Gasteiger charge is 2.25. The van der Waals surface area contributed by atoms with Crippen LogP contribution in [0.25, 0.3) is 0 Å². The van der Waals surface area contributed by atoms with Crippen molar-refractivity contribution in [3.05, 3.63) is 102 Å². The third-order valence-corrected chi connectivity index (χ3v) is 5.75. The van der Waals surface area contributed by atoms with Crippen LogP contribution in [0.1, 0.15) is 35.6 Å². The number of aromatic nitrogens is 1. The summed E-state index contributed by atoms with van der Waals surface area (Å²) in [6.45, 7) is 6.90. The van der Waals surface area contributed by atoms with Gasteiger partial charge in [0.2, 0.25) is 0 Å². The molecule has 2 aromatic carbocycles. The van der Waals surface area contributed by atoms with Crippen LogP contribution in [0.2, 0.25) is 0 Å². The van der Waals surface area contributed by atoms with Gasteiger partial charge in [-0.05, 0) is 72.5 Å². The number of benzene rings is 2. The molecule has 3 aromatic rings. The highest BCUT2D eigenvalue weighted by molar-refractivity contribution is 5.48. The van der Waals surface area contributed by atoms with Crippen molar-refractivity contribution in [3.63, 3.8) is 0 Å². The van der Waals surface area contributed by atoms with Gasteiger partial charge in [-0.1, -0.05) is 30.8 Å². The SMILES string of the molecule is C=C(NCc1ccc(OC)cc1)Nc1ccc(CN2CCCC2c2ccncc2)cc1. The molecule has 1 unspecified atom stereocenters. The maximum Gasteiger partial charge on any atom is 0.118 e. The lowest BCUT2D eigenvalue weighted by atomic mass is 10.1. The van der Waals surface area contributed by atoms with Crippen LogP contribution in [-0.2, 0) is 13.1 Å². The molecule has 1 atom stereocenters. The van der Waals surface area contributed by atoms with E-state index in [4.69, 9.17) is 4.74 Å². The zero-order valence-electron chi connectivity index (χ0n) is 18.1. The monoisotopic (exact) mass is 414 g/mol. The van der Waals surface area contributed by atoms with Crippen LogP contribution in [-0.4, -0.2) is 23.5 Å². The predicted molar refractivity (Wildman–Crippen MR) is 126 cm³/mol. The fraction of sp³-hybridized carbons (Fsp3) is 0.269. The largest absolute Gasteiger partial charge is 0.497 e. The van der Waals surface area contributed by atoms with Gasteiger partial charge in [0.05, 0.1) is 12.9 Å². The number of pyridine rings is 1. The van der Waals surface area contributed by atoms with Gasteiger partial charge in [0, 0.05) is 37.2 Å². The predicted octanol–water partition coefficient (Wildman–Crippen LogP) is 5.10. The summed E-state index contributed by atoms with van der Waals surface area (Å²) in [5, 5.41) is 6.66. The molecule has 0 saturated carbocycles. The molecule has 2 N–H and O–H groups in total. The van der Waals surface area contributed by atoms with Gasteiger partial charge < -0.3 is 15.4 Å². The summed E-state index contributed by atoms with van der Waals surface area (Å²) in [5.41, 5.74) is 4.89. The van der Waals surface area contributed by atoms with Gasteiger partial charge in [-0.25, -0.2) is 0 Å². The van der Waals surface area contributed by atoms with Gasteiger partial charge >= 0.3 is 0 Å². The van der Waals surface area contributed by atoms with E-state index in [1.54, 1.807) is 7.11 Å². The molecule has 5 nitrogen and oxygen atoms in total. The standard InChI is InChI=1S/C26H30N4O/c1-20(28-18-21-7-11-25(31-2)12-8-21)29-24-9-5-22(6-10-24)19-30-17-3-4-26(30)23-13-15-27-16-14-23/h5-16,26,28-29H,1,3-4,17-19H2,2H3. The first-order valence-electron chi connectivity index (χ1n) is 10.8. The molecule has 5 heteroatoms. The van der Waals surface area contributed by atoms with E-state index < -0.39 is 0 Å². The number of hydrogen-bond acceptors (Lipinski definition) is 5. The normalized spacial score (nSPS) is 16.1. The Labute approximate surface area is 184 Å². The van der Waals surface area contributed by atoms with E-state index in [1.807, 2.05) is 36.7 Å². The summed E-state index contributed by atoms with van der Waals surface area (Å²) in [6.07, 6.45) is 6.24. The first kappa shape index (κ1) is 20.9. The molecule has 1 aromatic heterocycles. The molecule has 1 fully saturated rings. The Balaban J connectivity index is 1.28. The summed E-state index contributed by atoms with van der Waals surface area (Å²) in [5.74, 6) is 1.64. The fourth-order valence-electron chi connectivity index (χ4n) is 4.08. The van der Waals surface area contributed by atoms with Crippen LogP contribution < -0.4 is 15.4 Å². The van der Waals surface area contributed by atoms with Gasteiger partial charge in [0.1, 0.15) is 5.75 Å².